The van der Waals surface area contributed by atoms with Crippen molar-refractivity contribution in [3.05, 3.63) is 44.5 Å². The van der Waals surface area contributed by atoms with E-state index in [1.165, 1.54) is 9.26 Å². The Kier molecular flexibility index (Phi) is 3.25. The van der Waals surface area contributed by atoms with Gasteiger partial charge < -0.3 is 4.98 Å². The van der Waals surface area contributed by atoms with E-state index in [1.807, 2.05) is 6.20 Å². The molecule has 0 saturated heterocycles. The van der Waals surface area contributed by atoms with E-state index in [-0.39, 0.29) is 0 Å². The van der Waals surface area contributed by atoms with Gasteiger partial charge in [0.05, 0.1) is 0 Å². The third-order valence-electron chi connectivity index (χ3n) is 2.30. The summed E-state index contributed by atoms with van der Waals surface area (Å²) >= 11 is 7.56. The van der Waals surface area contributed by atoms with Gasteiger partial charge in [0.1, 0.15) is 0 Å². The molecule has 0 saturated carbocycles. The van der Waals surface area contributed by atoms with Crippen LogP contribution < -0.4 is 0 Å². The number of nitrogens with one attached hydrogen (secondary N) is 1. The number of benzene rings is 1. The summed E-state index contributed by atoms with van der Waals surface area (Å²) in [6.07, 6.45) is 2.94. The van der Waals surface area contributed by atoms with Crippen molar-refractivity contribution in [3.63, 3.8) is 0 Å². The SMILES string of the molecule is CCc1c[nH]c(=S)n1-c1ccc(I)cc1. The second-order valence-electron chi connectivity index (χ2n) is 3.25. The normalized spacial score (nSPS) is 10.5. The van der Waals surface area contributed by atoms with Gasteiger partial charge in [-0.2, -0.15) is 0 Å². The third-order valence-corrected chi connectivity index (χ3v) is 3.32. The number of halogens is 1. The van der Waals surface area contributed by atoms with Gasteiger partial charge in [-0.1, -0.05) is 6.92 Å². The maximum absolute atomic E-state index is 5.26. The van der Waals surface area contributed by atoms with Gasteiger partial charge in [0.25, 0.3) is 0 Å². The molecule has 0 atom stereocenters. The van der Waals surface area contributed by atoms with E-state index < -0.39 is 0 Å². The number of aryl methyl sites for hydroxylation is 1. The fourth-order valence-corrected chi connectivity index (χ4v) is 2.18. The highest BCUT2D eigenvalue weighted by atomic mass is 127. The molecule has 0 aliphatic carbocycles. The fourth-order valence-electron chi connectivity index (χ4n) is 1.54. The highest BCUT2D eigenvalue weighted by Gasteiger charge is 2.03. The molecule has 1 aromatic carbocycles. The molecule has 0 unspecified atom stereocenters. The Bertz CT molecular complexity index is 510. The van der Waals surface area contributed by atoms with Crippen molar-refractivity contribution in [2.75, 3.05) is 0 Å². The lowest BCUT2D eigenvalue weighted by Gasteiger charge is -2.06. The predicted molar refractivity (Wildman–Crippen MR) is 73.0 cm³/mol. The highest BCUT2D eigenvalue weighted by Crippen LogP contribution is 2.15. The molecule has 1 aromatic heterocycles. The van der Waals surface area contributed by atoms with Crippen LogP contribution in [0, 0.1) is 8.34 Å². The first kappa shape index (κ1) is 10.9. The van der Waals surface area contributed by atoms with Crippen molar-refractivity contribution >= 4 is 34.8 Å². The molecule has 78 valence electrons. The number of nitrogens with zero attached hydrogens (tertiary/aromatic N) is 1. The molecule has 0 bridgehead atoms. The van der Waals surface area contributed by atoms with Crippen molar-refractivity contribution in [2.45, 2.75) is 13.3 Å². The van der Waals surface area contributed by atoms with Crippen LogP contribution in [0.3, 0.4) is 0 Å². The van der Waals surface area contributed by atoms with E-state index >= 15 is 0 Å². The molecule has 0 fully saturated rings. The number of rotatable bonds is 2. The number of imidazole rings is 1. The van der Waals surface area contributed by atoms with Gasteiger partial charge in [0.15, 0.2) is 4.77 Å². The number of hydrogen-bond acceptors (Lipinski definition) is 1. The van der Waals surface area contributed by atoms with Crippen LogP contribution >= 0.6 is 34.8 Å². The second kappa shape index (κ2) is 4.49. The van der Waals surface area contributed by atoms with E-state index in [0.29, 0.717) is 0 Å². The third kappa shape index (κ3) is 2.15. The minimum atomic E-state index is 0.757. The molecule has 2 nitrogen and oxygen atoms in total. The molecule has 0 amide bonds. The zero-order valence-electron chi connectivity index (χ0n) is 8.33. The molecular formula is C11H11IN2S. The lowest BCUT2D eigenvalue weighted by Crippen LogP contribution is -1.98. The minimum Gasteiger partial charge on any atom is -0.337 e. The summed E-state index contributed by atoms with van der Waals surface area (Å²) in [6.45, 7) is 2.13. The first-order valence-corrected chi connectivity index (χ1v) is 6.26. The fraction of sp³-hybridized carbons (Fsp3) is 0.182. The first-order valence-electron chi connectivity index (χ1n) is 4.77. The zero-order valence-corrected chi connectivity index (χ0v) is 11.3. The van der Waals surface area contributed by atoms with Crippen molar-refractivity contribution in [1.82, 2.24) is 9.55 Å². The maximum Gasteiger partial charge on any atom is 0.182 e. The highest BCUT2D eigenvalue weighted by molar-refractivity contribution is 14.1. The quantitative estimate of drug-likeness (QED) is 0.658. The Labute approximate surface area is 107 Å². The molecule has 0 radical (unpaired) electrons. The van der Waals surface area contributed by atoms with Gasteiger partial charge in [-0.05, 0) is 65.5 Å². The average Bonchev–Trinajstić information content (AvgIpc) is 2.61. The van der Waals surface area contributed by atoms with Gasteiger partial charge in [0, 0.05) is 21.1 Å². The zero-order chi connectivity index (χ0) is 10.8. The average molecular weight is 330 g/mol. The summed E-state index contributed by atoms with van der Waals surface area (Å²) < 4.78 is 4.07. The molecule has 0 aliphatic rings. The molecule has 1 N–H and O–H groups in total. The minimum absolute atomic E-state index is 0.757. The summed E-state index contributed by atoms with van der Waals surface area (Å²) in [4.78, 5) is 3.08. The number of hydrogen-bond donors (Lipinski definition) is 1. The lowest BCUT2D eigenvalue weighted by molar-refractivity contribution is 0.922. The van der Waals surface area contributed by atoms with Crippen LogP contribution in [0.4, 0.5) is 0 Å². The van der Waals surface area contributed by atoms with Crippen molar-refractivity contribution < 1.29 is 0 Å². The first-order chi connectivity index (χ1) is 7.22. The Balaban J connectivity index is 2.57. The van der Waals surface area contributed by atoms with Crippen molar-refractivity contribution in [1.29, 1.82) is 0 Å². The largest absolute Gasteiger partial charge is 0.337 e. The summed E-state index contributed by atoms with van der Waals surface area (Å²) in [7, 11) is 0. The van der Waals surface area contributed by atoms with Crippen LogP contribution in [0.5, 0.6) is 0 Å². The molecule has 0 aliphatic heterocycles. The summed E-state index contributed by atoms with van der Waals surface area (Å²) in [5, 5.41) is 0. The van der Waals surface area contributed by atoms with Crippen LogP contribution in [0.1, 0.15) is 12.6 Å². The van der Waals surface area contributed by atoms with Crippen LogP contribution in [0.25, 0.3) is 5.69 Å². The van der Waals surface area contributed by atoms with Gasteiger partial charge in [-0.3, -0.25) is 4.57 Å². The van der Waals surface area contributed by atoms with Crippen molar-refractivity contribution in [3.8, 4) is 5.69 Å². The van der Waals surface area contributed by atoms with Crippen LogP contribution in [0.15, 0.2) is 30.5 Å². The van der Waals surface area contributed by atoms with Crippen LogP contribution in [0.2, 0.25) is 0 Å². The lowest BCUT2D eigenvalue weighted by atomic mass is 10.3. The van der Waals surface area contributed by atoms with Crippen LogP contribution in [-0.2, 0) is 6.42 Å². The molecular weight excluding hydrogens is 319 g/mol. The number of aromatic amines is 1. The maximum atomic E-state index is 5.26. The Morgan fingerprint density at radius 1 is 1.33 bits per heavy atom. The Morgan fingerprint density at radius 3 is 2.60 bits per heavy atom. The van der Waals surface area contributed by atoms with Gasteiger partial charge >= 0.3 is 0 Å². The standard InChI is InChI=1S/C11H11IN2S/c1-2-9-7-13-11(15)14(9)10-5-3-8(12)4-6-10/h3-7H,2H2,1H3,(H,13,15). The summed E-state index contributed by atoms with van der Waals surface area (Å²) in [6, 6.07) is 8.35. The molecule has 2 aromatic rings. The van der Waals surface area contributed by atoms with Gasteiger partial charge in [-0.15, -0.1) is 0 Å². The molecule has 0 spiro atoms. The van der Waals surface area contributed by atoms with E-state index in [1.54, 1.807) is 0 Å². The molecule has 4 heteroatoms. The molecule has 15 heavy (non-hydrogen) atoms. The summed E-state index contributed by atoms with van der Waals surface area (Å²) in [5.74, 6) is 0. The van der Waals surface area contributed by atoms with E-state index in [4.69, 9.17) is 12.2 Å². The monoisotopic (exact) mass is 330 g/mol. The van der Waals surface area contributed by atoms with Crippen LogP contribution in [-0.4, -0.2) is 9.55 Å². The van der Waals surface area contributed by atoms with Gasteiger partial charge in [0.2, 0.25) is 0 Å². The van der Waals surface area contributed by atoms with Crippen molar-refractivity contribution in [2.24, 2.45) is 0 Å². The van der Waals surface area contributed by atoms with E-state index in [9.17, 15) is 0 Å². The number of H-pyrrole nitrogens is 1. The van der Waals surface area contributed by atoms with E-state index in [2.05, 4.69) is 63.3 Å². The molecule has 1 heterocycles. The second-order valence-corrected chi connectivity index (χ2v) is 4.88. The van der Waals surface area contributed by atoms with Gasteiger partial charge in [-0.25, -0.2) is 0 Å². The topological polar surface area (TPSA) is 20.7 Å². The smallest absolute Gasteiger partial charge is 0.182 e. The number of aromatic nitrogens is 2. The Hall–Kier alpha value is -0.620. The summed E-state index contributed by atoms with van der Waals surface area (Å²) in [5.41, 5.74) is 2.33. The Morgan fingerprint density at radius 2 is 2.00 bits per heavy atom. The molecule has 2 rings (SSSR count). The predicted octanol–water partition coefficient (Wildman–Crippen LogP) is 3.70. The van der Waals surface area contributed by atoms with E-state index in [0.717, 1.165) is 16.9 Å².